The Morgan fingerprint density at radius 3 is 2.33 bits per heavy atom. The highest BCUT2D eigenvalue weighted by molar-refractivity contribution is 4.82. The van der Waals surface area contributed by atoms with E-state index in [0.29, 0.717) is 11.5 Å². The van der Waals surface area contributed by atoms with Gasteiger partial charge in [-0.05, 0) is 25.3 Å². The molecule has 1 saturated carbocycles. The van der Waals surface area contributed by atoms with Crippen LogP contribution in [0.25, 0.3) is 0 Å². The van der Waals surface area contributed by atoms with Gasteiger partial charge in [0, 0.05) is 12.6 Å². The average molecular weight is 213 g/mol. The molecule has 0 aromatic carbocycles. The quantitative estimate of drug-likeness (QED) is 0.713. The standard InChI is InChI=1S/C13H27NO/c1-13(2,3)10-14(4)11-8-6-5-7-9-12(11)15/h11-12,15H,5-10H2,1-4H3. The number of aliphatic hydroxyl groups excluding tert-OH is 1. The van der Waals surface area contributed by atoms with E-state index in [-0.39, 0.29) is 6.10 Å². The highest BCUT2D eigenvalue weighted by Gasteiger charge is 2.27. The van der Waals surface area contributed by atoms with Crippen molar-refractivity contribution in [2.45, 2.75) is 65.0 Å². The molecule has 2 atom stereocenters. The van der Waals surface area contributed by atoms with Gasteiger partial charge in [0.2, 0.25) is 0 Å². The predicted molar refractivity (Wildman–Crippen MR) is 65.0 cm³/mol. The lowest BCUT2D eigenvalue weighted by molar-refractivity contribution is 0.0425. The summed E-state index contributed by atoms with van der Waals surface area (Å²) in [5, 5.41) is 10.1. The maximum Gasteiger partial charge on any atom is 0.0695 e. The Morgan fingerprint density at radius 2 is 1.73 bits per heavy atom. The van der Waals surface area contributed by atoms with Crippen LogP contribution < -0.4 is 0 Å². The van der Waals surface area contributed by atoms with Gasteiger partial charge in [0.05, 0.1) is 6.10 Å². The van der Waals surface area contributed by atoms with Gasteiger partial charge in [0.25, 0.3) is 0 Å². The highest BCUT2D eigenvalue weighted by Crippen LogP contribution is 2.24. The van der Waals surface area contributed by atoms with Crippen LogP contribution in [-0.4, -0.2) is 35.7 Å². The first kappa shape index (κ1) is 13.0. The first-order valence-corrected chi connectivity index (χ1v) is 6.28. The number of rotatable bonds is 2. The summed E-state index contributed by atoms with van der Waals surface area (Å²) in [7, 11) is 2.16. The van der Waals surface area contributed by atoms with E-state index in [9.17, 15) is 5.11 Å². The Kier molecular flexibility index (Phi) is 4.60. The van der Waals surface area contributed by atoms with E-state index in [1.54, 1.807) is 0 Å². The van der Waals surface area contributed by atoms with Crippen LogP contribution in [-0.2, 0) is 0 Å². The third kappa shape index (κ3) is 4.52. The number of hydrogen-bond acceptors (Lipinski definition) is 2. The molecular formula is C13H27NO. The molecule has 1 fully saturated rings. The van der Waals surface area contributed by atoms with Crippen molar-refractivity contribution in [2.75, 3.05) is 13.6 Å². The maximum absolute atomic E-state index is 10.1. The fraction of sp³-hybridized carbons (Fsp3) is 1.00. The minimum absolute atomic E-state index is 0.111. The summed E-state index contributed by atoms with van der Waals surface area (Å²) in [4.78, 5) is 2.36. The smallest absolute Gasteiger partial charge is 0.0695 e. The van der Waals surface area contributed by atoms with Crippen LogP contribution in [0.3, 0.4) is 0 Å². The van der Waals surface area contributed by atoms with Crippen molar-refractivity contribution in [1.29, 1.82) is 0 Å². The second-order valence-corrected chi connectivity index (χ2v) is 6.25. The van der Waals surface area contributed by atoms with Crippen LogP contribution in [0.4, 0.5) is 0 Å². The Labute approximate surface area is 94.7 Å². The second kappa shape index (κ2) is 5.31. The van der Waals surface area contributed by atoms with Crippen molar-refractivity contribution in [3.05, 3.63) is 0 Å². The minimum atomic E-state index is -0.111. The Morgan fingerprint density at radius 1 is 1.13 bits per heavy atom. The van der Waals surface area contributed by atoms with Gasteiger partial charge in [0.15, 0.2) is 0 Å². The summed E-state index contributed by atoms with van der Waals surface area (Å²) in [5.41, 5.74) is 0.320. The summed E-state index contributed by atoms with van der Waals surface area (Å²) >= 11 is 0. The average Bonchev–Trinajstić information content (AvgIpc) is 2.26. The molecule has 1 N–H and O–H groups in total. The monoisotopic (exact) mass is 213 g/mol. The second-order valence-electron chi connectivity index (χ2n) is 6.25. The van der Waals surface area contributed by atoms with Gasteiger partial charge in [-0.15, -0.1) is 0 Å². The lowest BCUT2D eigenvalue weighted by Gasteiger charge is -2.35. The fourth-order valence-electron chi connectivity index (χ4n) is 2.65. The zero-order chi connectivity index (χ0) is 11.5. The molecule has 1 aliphatic rings. The van der Waals surface area contributed by atoms with Crippen LogP contribution >= 0.6 is 0 Å². The SMILES string of the molecule is CN(CC(C)(C)C)C1CCCCCC1O. The van der Waals surface area contributed by atoms with Crippen LogP contribution in [0.15, 0.2) is 0 Å². The molecule has 0 amide bonds. The molecule has 2 unspecified atom stereocenters. The van der Waals surface area contributed by atoms with Crippen molar-refractivity contribution in [3.63, 3.8) is 0 Å². The molecule has 0 radical (unpaired) electrons. The summed E-state index contributed by atoms with van der Waals surface area (Å²) < 4.78 is 0. The summed E-state index contributed by atoms with van der Waals surface area (Å²) in [6.07, 6.45) is 5.79. The molecule has 1 aliphatic carbocycles. The number of hydrogen-bond donors (Lipinski definition) is 1. The van der Waals surface area contributed by atoms with E-state index in [1.807, 2.05) is 0 Å². The lowest BCUT2D eigenvalue weighted by Crippen LogP contribution is -2.44. The van der Waals surface area contributed by atoms with Crippen LogP contribution in [0.1, 0.15) is 52.9 Å². The summed E-state index contributed by atoms with van der Waals surface area (Å²) in [6.45, 7) is 7.83. The maximum atomic E-state index is 10.1. The van der Waals surface area contributed by atoms with Gasteiger partial charge in [-0.3, -0.25) is 0 Å². The topological polar surface area (TPSA) is 23.5 Å². The van der Waals surface area contributed by atoms with Gasteiger partial charge in [-0.1, -0.05) is 40.0 Å². The van der Waals surface area contributed by atoms with Gasteiger partial charge < -0.3 is 10.0 Å². The number of aliphatic hydroxyl groups is 1. The molecule has 0 aromatic heterocycles. The molecule has 0 saturated heterocycles. The normalized spacial score (nSPS) is 29.2. The van der Waals surface area contributed by atoms with Crippen molar-refractivity contribution in [3.8, 4) is 0 Å². The van der Waals surface area contributed by atoms with E-state index >= 15 is 0 Å². The zero-order valence-electron chi connectivity index (χ0n) is 10.8. The van der Waals surface area contributed by atoms with E-state index in [1.165, 1.54) is 19.3 Å². The van der Waals surface area contributed by atoms with Gasteiger partial charge in [0.1, 0.15) is 0 Å². The number of nitrogens with zero attached hydrogens (tertiary/aromatic N) is 1. The van der Waals surface area contributed by atoms with Crippen molar-refractivity contribution in [1.82, 2.24) is 4.90 Å². The van der Waals surface area contributed by atoms with Crippen molar-refractivity contribution >= 4 is 0 Å². The molecule has 0 aromatic rings. The molecule has 15 heavy (non-hydrogen) atoms. The molecule has 90 valence electrons. The van der Waals surface area contributed by atoms with Gasteiger partial charge >= 0.3 is 0 Å². The lowest BCUT2D eigenvalue weighted by atomic mass is 9.94. The predicted octanol–water partition coefficient (Wildman–Crippen LogP) is 2.66. The summed E-state index contributed by atoms with van der Waals surface area (Å²) in [6, 6.07) is 0.381. The molecule has 0 heterocycles. The van der Waals surface area contributed by atoms with E-state index < -0.39 is 0 Å². The fourth-order valence-corrected chi connectivity index (χ4v) is 2.65. The van der Waals surface area contributed by atoms with Crippen LogP contribution in [0, 0.1) is 5.41 Å². The largest absolute Gasteiger partial charge is 0.391 e. The van der Waals surface area contributed by atoms with E-state index in [0.717, 1.165) is 19.4 Å². The van der Waals surface area contributed by atoms with Crippen molar-refractivity contribution < 1.29 is 5.11 Å². The Balaban J connectivity index is 2.51. The van der Waals surface area contributed by atoms with E-state index in [4.69, 9.17) is 0 Å². The van der Waals surface area contributed by atoms with Gasteiger partial charge in [-0.2, -0.15) is 0 Å². The number of likely N-dealkylation sites (N-methyl/N-ethyl adjacent to an activating group) is 1. The zero-order valence-corrected chi connectivity index (χ0v) is 10.8. The third-order valence-corrected chi connectivity index (χ3v) is 3.23. The Bertz CT molecular complexity index is 185. The first-order valence-electron chi connectivity index (χ1n) is 6.28. The van der Waals surface area contributed by atoms with E-state index in [2.05, 4.69) is 32.7 Å². The third-order valence-electron chi connectivity index (χ3n) is 3.23. The molecule has 0 bridgehead atoms. The molecule has 2 heteroatoms. The van der Waals surface area contributed by atoms with Crippen LogP contribution in [0.5, 0.6) is 0 Å². The van der Waals surface area contributed by atoms with Crippen LogP contribution in [0.2, 0.25) is 0 Å². The highest BCUT2D eigenvalue weighted by atomic mass is 16.3. The molecular weight excluding hydrogens is 186 g/mol. The molecule has 0 spiro atoms. The molecule has 2 nitrogen and oxygen atoms in total. The first-order chi connectivity index (χ1) is 6.90. The summed E-state index contributed by atoms with van der Waals surface area (Å²) in [5.74, 6) is 0. The van der Waals surface area contributed by atoms with Crippen molar-refractivity contribution in [2.24, 2.45) is 5.41 Å². The van der Waals surface area contributed by atoms with Gasteiger partial charge in [-0.25, -0.2) is 0 Å². The molecule has 0 aliphatic heterocycles. The Hall–Kier alpha value is -0.0800. The minimum Gasteiger partial charge on any atom is -0.391 e. The molecule has 1 rings (SSSR count).